The average Bonchev–Trinajstić information content (AvgIpc) is 3.72. The second kappa shape index (κ2) is 20.0. The molecule has 0 bridgehead atoms. The van der Waals surface area contributed by atoms with Gasteiger partial charge in [-0.15, -0.1) is 16.7 Å². The molecule has 0 fully saturated rings. The van der Waals surface area contributed by atoms with Gasteiger partial charge in [-0.1, -0.05) is 152 Å². The first kappa shape index (κ1) is 52.4. The molecule has 2 aliphatic carbocycles. The fourth-order valence-electron chi connectivity index (χ4n) is 7.24. The Kier molecular flexibility index (Phi) is 18.1. The van der Waals surface area contributed by atoms with Crippen LogP contribution in [0.15, 0.2) is 84.5 Å². The van der Waals surface area contributed by atoms with Gasteiger partial charge in [0.25, 0.3) is 0 Å². The average molecular weight is 936 g/mol. The van der Waals surface area contributed by atoms with E-state index in [1.807, 2.05) is 48.5 Å². The molecular formula is C53H66Cl4Zr-2. The smallest absolute Gasteiger partial charge is 1.00 e. The summed E-state index contributed by atoms with van der Waals surface area (Å²) in [6.07, 6.45) is 10.0. The van der Waals surface area contributed by atoms with Gasteiger partial charge in [-0.3, -0.25) is 6.08 Å². The van der Waals surface area contributed by atoms with Crippen molar-refractivity contribution in [2.45, 2.75) is 145 Å². The van der Waals surface area contributed by atoms with Crippen molar-refractivity contribution >= 4 is 26.4 Å². The summed E-state index contributed by atoms with van der Waals surface area (Å²) in [7, 11) is 0. The van der Waals surface area contributed by atoms with E-state index >= 15 is 0 Å². The molecule has 5 heteroatoms. The van der Waals surface area contributed by atoms with E-state index in [1.54, 1.807) is 0 Å². The topological polar surface area (TPSA) is 0 Å². The maximum absolute atomic E-state index is 5.86. The van der Waals surface area contributed by atoms with Gasteiger partial charge in [0, 0.05) is 0 Å². The van der Waals surface area contributed by atoms with Crippen LogP contribution in [-0.4, -0.2) is 3.21 Å². The molecule has 0 amide bonds. The van der Waals surface area contributed by atoms with Crippen molar-refractivity contribution in [1.29, 1.82) is 0 Å². The first-order chi connectivity index (χ1) is 25.6. The van der Waals surface area contributed by atoms with Gasteiger partial charge in [-0.25, -0.2) is 6.08 Å². The molecule has 0 aromatic heterocycles. The Hall–Kier alpha value is -1.73. The van der Waals surface area contributed by atoms with Gasteiger partial charge in [0.15, 0.2) is 0 Å². The monoisotopic (exact) mass is 932 g/mol. The number of benzene rings is 4. The molecule has 58 heavy (non-hydrogen) atoms. The SMILES string of the molecule is CC(C)(C)c1[c-]c2c(cc1C(C)(C)C)-c1cc(C(C)(C)C)c(C(C)(C)C)cc1C2.CCC1[C-]=CC(C(C)(C)C)=C1.Clc1ccc([C](=[Zr+2])c2ccc(Cl)cc2)cc1.[Cl-].[Cl-]. The van der Waals surface area contributed by atoms with Gasteiger partial charge < -0.3 is 24.8 Å². The van der Waals surface area contributed by atoms with E-state index in [0.717, 1.165) is 16.5 Å². The molecule has 0 saturated heterocycles. The van der Waals surface area contributed by atoms with E-state index in [0.29, 0.717) is 11.3 Å². The maximum Gasteiger partial charge on any atom is -1.00 e. The summed E-state index contributed by atoms with van der Waals surface area (Å²) < 4.78 is 1.31. The van der Waals surface area contributed by atoms with E-state index in [2.05, 4.69) is 153 Å². The van der Waals surface area contributed by atoms with Crippen molar-refractivity contribution in [1.82, 2.24) is 0 Å². The quantitative estimate of drug-likeness (QED) is 0.158. The van der Waals surface area contributed by atoms with Crippen LogP contribution in [0.1, 0.15) is 162 Å². The van der Waals surface area contributed by atoms with Crippen LogP contribution in [0.5, 0.6) is 0 Å². The standard InChI is InChI=1S/C29H41.C13H8Cl2.C11H17.2ClH.Zr/c1-26(2,3)22-14-18-13-19-15-23(27(4,5)6)25(29(10,11)12)17-21(19)20(18)16-24(22)28(7,8)9;14-12-5-1-10(2-6-12)9-11-3-7-13(15)8-4-11;1-5-9-6-7-10(8-9)11(2,3)4;;;/h14,16-17H,13H2,1-12H3;1-8H;7-9H,5H2,1-4H3;2*1H;/q-1;;-1;;;+2/p-2. The Morgan fingerprint density at radius 1 is 0.603 bits per heavy atom. The minimum absolute atomic E-state index is 0. The summed E-state index contributed by atoms with van der Waals surface area (Å²) in [5, 5.41) is 1.53. The molecule has 0 N–H and O–H groups in total. The minimum atomic E-state index is 0. The van der Waals surface area contributed by atoms with E-state index < -0.39 is 0 Å². The molecule has 0 radical (unpaired) electrons. The van der Waals surface area contributed by atoms with Gasteiger partial charge in [-0.05, 0) is 39.4 Å². The summed E-state index contributed by atoms with van der Waals surface area (Å²) in [6.45, 7) is 36.9. The largest absolute Gasteiger partial charge is 1.00 e. The first-order valence-electron chi connectivity index (χ1n) is 20.3. The van der Waals surface area contributed by atoms with Crippen molar-refractivity contribution in [2.75, 3.05) is 0 Å². The van der Waals surface area contributed by atoms with Crippen LogP contribution in [0, 0.1) is 23.5 Å². The van der Waals surface area contributed by atoms with Crippen LogP contribution >= 0.6 is 23.2 Å². The first-order valence-corrected chi connectivity index (χ1v) is 22.3. The van der Waals surface area contributed by atoms with Crippen molar-refractivity contribution in [3.63, 3.8) is 0 Å². The Balaban J connectivity index is 0.000000336. The van der Waals surface area contributed by atoms with Gasteiger partial charge in [0.05, 0.1) is 0 Å². The third-order valence-electron chi connectivity index (χ3n) is 10.6. The molecule has 2 aliphatic rings. The Bertz CT molecular complexity index is 1950. The summed E-state index contributed by atoms with van der Waals surface area (Å²) in [6, 6.07) is 27.2. The van der Waals surface area contributed by atoms with Crippen molar-refractivity contribution in [2.24, 2.45) is 11.3 Å². The van der Waals surface area contributed by atoms with Crippen LogP contribution in [0.2, 0.25) is 10.0 Å². The third-order valence-corrected chi connectivity index (χ3v) is 12.6. The van der Waals surface area contributed by atoms with E-state index in [9.17, 15) is 0 Å². The molecule has 0 aliphatic heterocycles. The van der Waals surface area contributed by atoms with Gasteiger partial charge in [0.2, 0.25) is 0 Å². The molecule has 4 aromatic rings. The molecule has 312 valence electrons. The van der Waals surface area contributed by atoms with Crippen LogP contribution in [-0.2, 0) is 52.3 Å². The molecule has 0 saturated carbocycles. The zero-order valence-corrected chi connectivity index (χ0v) is 43.5. The van der Waals surface area contributed by atoms with Crippen LogP contribution in [0.25, 0.3) is 11.1 Å². The Labute approximate surface area is 391 Å². The molecule has 1 unspecified atom stereocenters. The van der Waals surface area contributed by atoms with E-state index in [-0.39, 0.29) is 46.5 Å². The number of hydrogen-bond acceptors (Lipinski definition) is 0. The van der Waals surface area contributed by atoms with Crippen molar-refractivity contribution in [3.05, 3.63) is 151 Å². The number of hydrogen-bond donors (Lipinski definition) is 0. The number of fused-ring (bicyclic) bond motifs is 3. The molecule has 1 atom stereocenters. The number of rotatable bonds is 3. The zero-order valence-electron chi connectivity index (χ0n) is 38.0. The fraction of sp³-hybridized carbons (Fsp3) is 0.453. The third kappa shape index (κ3) is 13.4. The van der Waals surface area contributed by atoms with Gasteiger partial charge >= 0.3 is 120 Å². The summed E-state index contributed by atoms with van der Waals surface area (Å²) in [4.78, 5) is 0. The van der Waals surface area contributed by atoms with Gasteiger partial charge in [0.1, 0.15) is 0 Å². The molecule has 4 aromatic carbocycles. The summed E-state index contributed by atoms with van der Waals surface area (Å²) in [5.74, 6) is 0.573. The number of halogens is 4. The molecular weight excluding hydrogens is 870 g/mol. The molecule has 0 spiro atoms. The van der Waals surface area contributed by atoms with E-state index in [1.165, 1.54) is 95.1 Å². The Morgan fingerprint density at radius 3 is 1.40 bits per heavy atom. The second-order valence-electron chi connectivity index (χ2n) is 20.8. The fourth-order valence-corrected chi connectivity index (χ4v) is 8.31. The predicted molar refractivity (Wildman–Crippen MR) is 244 cm³/mol. The van der Waals surface area contributed by atoms with Crippen LogP contribution in [0.4, 0.5) is 0 Å². The van der Waals surface area contributed by atoms with Crippen molar-refractivity contribution in [3.8, 4) is 11.1 Å². The Morgan fingerprint density at radius 2 is 1.03 bits per heavy atom. The predicted octanol–water partition coefficient (Wildman–Crippen LogP) is 9.72. The normalized spacial score (nSPS) is 14.8. The van der Waals surface area contributed by atoms with E-state index in [4.69, 9.17) is 23.2 Å². The number of allylic oxidation sites excluding steroid dienone is 4. The molecule has 6 rings (SSSR count). The van der Waals surface area contributed by atoms with Gasteiger partial charge in [-0.2, -0.15) is 29.3 Å². The zero-order chi connectivity index (χ0) is 42.2. The molecule has 0 nitrogen and oxygen atoms in total. The second-order valence-corrected chi connectivity index (χ2v) is 22.9. The van der Waals surface area contributed by atoms with Crippen LogP contribution < -0.4 is 24.8 Å². The molecule has 0 heterocycles. The maximum atomic E-state index is 5.86. The van der Waals surface area contributed by atoms with Crippen LogP contribution in [0.3, 0.4) is 0 Å². The van der Waals surface area contributed by atoms with Crippen molar-refractivity contribution < 1.29 is 49.0 Å². The summed E-state index contributed by atoms with van der Waals surface area (Å²) >= 11 is 13.1. The summed E-state index contributed by atoms with van der Waals surface area (Å²) in [5.41, 5.74) is 16.1. The minimum Gasteiger partial charge on any atom is -1.00 e.